The Kier molecular flexibility index (Phi) is 4.00. The standard InChI is InChI=1S/C15H20N4/c1-11-5-6-14(12(2)7-11)19(4)10-13-8-18-15(16-3)9-17-13/h5-9H,10H2,1-4H3,(H,16,18). The molecule has 4 nitrogen and oxygen atoms in total. The van der Waals surface area contributed by atoms with E-state index >= 15 is 0 Å². The van der Waals surface area contributed by atoms with E-state index in [1.54, 1.807) is 6.20 Å². The molecule has 1 N–H and O–H groups in total. The van der Waals surface area contributed by atoms with Crippen molar-refractivity contribution in [1.82, 2.24) is 9.97 Å². The molecule has 4 heteroatoms. The average Bonchev–Trinajstić information content (AvgIpc) is 2.39. The number of hydrogen-bond donors (Lipinski definition) is 1. The quantitative estimate of drug-likeness (QED) is 0.913. The molecule has 100 valence electrons. The zero-order chi connectivity index (χ0) is 13.8. The summed E-state index contributed by atoms with van der Waals surface area (Å²) >= 11 is 0. The largest absolute Gasteiger partial charge is 0.372 e. The molecule has 0 fully saturated rings. The van der Waals surface area contributed by atoms with E-state index in [1.165, 1.54) is 16.8 Å². The van der Waals surface area contributed by atoms with E-state index in [2.05, 4.69) is 59.3 Å². The lowest BCUT2D eigenvalue weighted by Gasteiger charge is -2.21. The van der Waals surface area contributed by atoms with E-state index in [-0.39, 0.29) is 0 Å². The first kappa shape index (κ1) is 13.3. The normalized spacial score (nSPS) is 10.3. The van der Waals surface area contributed by atoms with Crippen molar-refractivity contribution in [2.24, 2.45) is 0 Å². The molecule has 2 aromatic rings. The van der Waals surface area contributed by atoms with Crippen molar-refractivity contribution in [2.75, 3.05) is 24.3 Å². The number of hydrogen-bond acceptors (Lipinski definition) is 4. The van der Waals surface area contributed by atoms with Gasteiger partial charge < -0.3 is 10.2 Å². The number of anilines is 2. The van der Waals surface area contributed by atoms with E-state index in [1.807, 2.05) is 13.2 Å². The lowest BCUT2D eigenvalue weighted by Crippen LogP contribution is -2.18. The Morgan fingerprint density at radius 3 is 2.53 bits per heavy atom. The van der Waals surface area contributed by atoms with Crippen LogP contribution < -0.4 is 10.2 Å². The van der Waals surface area contributed by atoms with Crippen molar-refractivity contribution in [3.8, 4) is 0 Å². The molecule has 0 saturated carbocycles. The topological polar surface area (TPSA) is 41.1 Å². The van der Waals surface area contributed by atoms with Crippen LogP contribution in [-0.4, -0.2) is 24.1 Å². The number of nitrogens with one attached hydrogen (secondary N) is 1. The van der Waals surface area contributed by atoms with Crippen LogP contribution in [0.3, 0.4) is 0 Å². The van der Waals surface area contributed by atoms with Gasteiger partial charge in [-0.15, -0.1) is 0 Å². The van der Waals surface area contributed by atoms with E-state index in [9.17, 15) is 0 Å². The highest BCUT2D eigenvalue weighted by atomic mass is 15.1. The van der Waals surface area contributed by atoms with Gasteiger partial charge in [-0.05, 0) is 25.5 Å². The molecular formula is C15H20N4. The van der Waals surface area contributed by atoms with Gasteiger partial charge in [-0.1, -0.05) is 17.7 Å². The Hall–Kier alpha value is -2.10. The first-order chi connectivity index (χ1) is 9.10. The molecule has 0 radical (unpaired) electrons. The van der Waals surface area contributed by atoms with Crippen molar-refractivity contribution in [1.29, 1.82) is 0 Å². The minimum Gasteiger partial charge on any atom is -0.372 e. The molecule has 1 aromatic carbocycles. The van der Waals surface area contributed by atoms with Gasteiger partial charge in [0.2, 0.25) is 0 Å². The van der Waals surface area contributed by atoms with Crippen LogP contribution in [0.25, 0.3) is 0 Å². The molecule has 19 heavy (non-hydrogen) atoms. The lowest BCUT2D eigenvalue weighted by molar-refractivity contribution is 0.870. The maximum Gasteiger partial charge on any atom is 0.144 e. The van der Waals surface area contributed by atoms with E-state index in [0.29, 0.717) is 0 Å². The Labute approximate surface area is 114 Å². The molecule has 0 spiro atoms. The highest BCUT2D eigenvalue weighted by Gasteiger charge is 2.06. The fourth-order valence-electron chi connectivity index (χ4n) is 2.13. The molecule has 0 aliphatic carbocycles. The van der Waals surface area contributed by atoms with Crippen LogP contribution in [0, 0.1) is 13.8 Å². The van der Waals surface area contributed by atoms with Crippen LogP contribution in [0.5, 0.6) is 0 Å². The summed E-state index contributed by atoms with van der Waals surface area (Å²) in [5.41, 5.74) is 4.75. The Morgan fingerprint density at radius 2 is 1.95 bits per heavy atom. The van der Waals surface area contributed by atoms with Gasteiger partial charge in [-0.2, -0.15) is 0 Å². The lowest BCUT2D eigenvalue weighted by atomic mass is 10.1. The monoisotopic (exact) mass is 256 g/mol. The third-order valence-corrected chi connectivity index (χ3v) is 3.12. The molecule has 0 atom stereocenters. The first-order valence-corrected chi connectivity index (χ1v) is 6.37. The maximum atomic E-state index is 4.40. The van der Waals surface area contributed by atoms with Crippen LogP contribution in [0.2, 0.25) is 0 Å². The van der Waals surface area contributed by atoms with Gasteiger partial charge >= 0.3 is 0 Å². The van der Waals surface area contributed by atoms with Gasteiger partial charge in [0.25, 0.3) is 0 Å². The summed E-state index contributed by atoms with van der Waals surface area (Å²) in [4.78, 5) is 10.9. The summed E-state index contributed by atoms with van der Waals surface area (Å²) in [6.07, 6.45) is 3.57. The number of rotatable bonds is 4. The Balaban J connectivity index is 2.13. The molecule has 1 aromatic heterocycles. The number of benzene rings is 1. The Morgan fingerprint density at radius 1 is 1.16 bits per heavy atom. The fourth-order valence-corrected chi connectivity index (χ4v) is 2.13. The molecule has 0 aliphatic rings. The molecule has 2 rings (SSSR count). The van der Waals surface area contributed by atoms with Crippen molar-refractivity contribution >= 4 is 11.5 Å². The second kappa shape index (κ2) is 5.69. The Bertz CT molecular complexity index is 549. The third-order valence-electron chi connectivity index (χ3n) is 3.12. The summed E-state index contributed by atoms with van der Waals surface area (Å²) in [5.74, 6) is 0.790. The predicted molar refractivity (Wildman–Crippen MR) is 79.6 cm³/mol. The molecule has 0 saturated heterocycles. The molecule has 0 aliphatic heterocycles. The summed E-state index contributed by atoms with van der Waals surface area (Å²) in [6.45, 7) is 4.99. The predicted octanol–water partition coefficient (Wildman–Crippen LogP) is 2.77. The van der Waals surface area contributed by atoms with Crippen molar-refractivity contribution < 1.29 is 0 Å². The van der Waals surface area contributed by atoms with Crippen LogP contribution >= 0.6 is 0 Å². The minimum absolute atomic E-state index is 0.751. The second-order valence-corrected chi connectivity index (χ2v) is 4.79. The van der Waals surface area contributed by atoms with Gasteiger partial charge in [0.15, 0.2) is 0 Å². The number of aromatic nitrogens is 2. The molecule has 0 unspecified atom stereocenters. The summed E-state index contributed by atoms with van der Waals surface area (Å²) in [7, 11) is 3.91. The summed E-state index contributed by atoms with van der Waals surface area (Å²) < 4.78 is 0. The minimum atomic E-state index is 0.751. The zero-order valence-corrected chi connectivity index (χ0v) is 11.9. The maximum absolute atomic E-state index is 4.40. The summed E-state index contributed by atoms with van der Waals surface area (Å²) in [6, 6.07) is 6.48. The zero-order valence-electron chi connectivity index (χ0n) is 11.9. The van der Waals surface area contributed by atoms with Gasteiger partial charge in [-0.25, -0.2) is 4.98 Å². The molecule has 1 heterocycles. The average molecular weight is 256 g/mol. The van der Waals surface area contributed by atoms with Crippen molar-refractivity contribution in [2.45, 2.75) is 20.4 Å². The second-order valence-electron chi connectivity index (χ2n) is 4.79. The highest BCUT2D eigenvalue weighted by molar-refractivity contribution is 5.53. The van der Waals surface area contributed by atoms with Gasteiger partial charge in [0.1, 0.15) is 5.82 Å². The highest BCUT2D eigenvalue weighted by Crippen LogP contribution is 2.21. The first-order valence-electron chi connectivity index (χ1n) is 6.37. The van der Waals surface area contributed by atoms with Crippen molar-refractivity contribution in [3.63, 3.8) is 0 Å². The van der Waals surface area contributed by atoms with Gasteiger partial charge in [-0.3, -0.25) is 4.98 Å². The molecule has 0 amide bonds. The number of nitrogens with zero attached hydrogens (tertiary/aromatic N) is 3. The van der Waals surface area contributed by atoms with E-state index < -0.39 is 0 Å². The van der Waals surface area contributed by atoms with Gasteiger partial charge in [0, 0.05) is 19.8 Å². The van der Waals surface area contributed by atoms with Crippen LogP contribution in [0.15, 0.2) is 30.6 Å². The van der Waals surface area contributed by atoms with Gasteiger partial charge in [0.05, 0.1) is 24.6 Å². The van der Waals surface area contributed by atoms with E-state index in [4.69, 9.17) is 0 Å². The van der Waals surface area contributed by atoms with E-state index in [0.717, 1.165) is 18.1 Å². The van der Waals surface area contributed by atoms with Crippen LogP contribution in [0.1, 0.15) is 16.8 Å². The third kappa shape index (κ3) is 3.22. The fraction of sp³-hybridized carbons (Fsp3) is 0.333. The summed E-state index contributed by atoms with van der Waals surface area (Å²) in [5, 5.41) is 2.97. The smallest absolute Gasteiger partial charge is 0.144 e. The molecular weight excluding hydrogens is 236 g/mol. The van der Waals surface area contributed by atoms with Crippen LogP contribution in [0.4, 0.5) is 11.5 Å². The SMILES string of the molecule is CNc1cnc(CN(C)c2ccc(C)cc2C)cn1. The molecule has 0 bridgehead atoms. The number of aryl methyl sites for hydroxylation is 2. The van der Waals surface area contributed by atoms with Crippen molar-refractivity contribution in [3.05, 3.63) is 47.4 Å². The van der Waals surface area contributed by atoms with Crippen LogP contribution in [-0.2, 0) is 6.54 Å².